The third-order valence-corrected chi connectivity index (χ3v) is 5.89. The van der Waals surface area contributed by atoms with Gasteiger partial charge in [0.2, 0.25) is 0 Å². The number of nitrogens with one attached hydrogen (secondary N) is 2. The zero-order valence-corrected chi connectivity index (χ0v) is 17.0. The molecular weight excluding hydrogens is 408 g/mol. The third-order valence-electron chi connectivity index (χ3n) is 5.40. The van der Waals surface area contributed by atoms with Gasteiger partial charge >= 0.3 is 11.2 Å². The molecule has 0 amide bonds. The lowest BCUT2D eigenvalue weighted by Gasteiger charge is -2.29. The molecule has 0 spiro atoms. The maximum atomic E-state index is 12.9. The monoisotopic (exact) mass is 428 g/mol. The van der Waals surface area contributed by atoms with Crippen LogP contribution in [0.25, 0.3) is 21.9 Å². The fourth-order valence-corrected chi connectivity index (χ4v) is 4.49. The molecule has 3 aromatic rings. The van der Waals surface area contributed by atoms with Crippen LogP contribution in [0.4, 0.5) is 0 Å². The first-order valence-electron chi connectivity index (χ1n) is 9.03. The van der Waals surface area contributed by atoms with Crippen molar-refractivity contribution in [2.75, 3.05) is 0 Å². The molecule has 0 radical (unpaired) electrons. The number of rotatable bonds is 2. The van der Waals surface area contributed by atoms with E-state index in [0.29, 0.717) is 22.9 Å². The van der Waals surface area contributed by atoms with Gasteiger partial charge < -0.3 is 9.97 Å². The van der Waals surface area contributed by atoms with Crippen molar-refractivity contribution in [1.82, 2.24) is 14.6 Å². The van der Waals surface area contributed by atoms with Crippen LogP contribution in [0.15, 0.2) is 49.0 Å². The summed E-state index contributed by atoms with van der Waals surface area (Å²) in [5, 5.41) is 5.06. The van der Waals surface area contributed by atoms with Crippen LogP contribution in [0.5, 0.6) is 0 Å². The van der Waals surface area contributed by atoms with Crippen molar-refractivity contribution < 1.29 is 0 Å². The molecule has 27 heavy (non-hydrogen) atoms. The second kappa shape index (κ2) is 6.64. The number of H-pyrrole nitrogens is 2. The lowest BCUT2D eigenvalue weighted by molar-refractivity contribution is 0.361. The first-order chi connectivity index (χ1) is 12.8. The smallest absolute Gasteiger partial charge is 0.349 e. The van der Waals surface area contributed by atoms with Crippen molar-refractivity contribution in [3.63, 3.8) is 0 Å². The van der Waals surface area contributed by atoms with E-state index in [1.165, 1.54) is 5.57 Å². The summed E-state index contributed by atoms with van der Waals surface area (Å²) in [6.07, 6.45) is 4.99. The van der Waals surface area contributed by atoms with Gasteiger partial charge in [-0.15, -0.1) is 4.68 Å². The van der Waals surface area contributed by atoms with Gasteiger partial charge in [-0.2, -0.15) is 5.10 Å². The van der Waals surface area contributed by atoms with Crippen molar-refractivity contribution >= 4 is 44.1 Å². The summed E-state index contributed by atoms with van der Waals surface area (Å²) in [7, 11) is 0. The number of nitrogens with zero attached hydrogens (tertiary/aromatic N) is 2. The molecule has 0 aliphatic heterocycles. The lowest BCUT2D eigenvalue weighted by Crippen LogP contribution is -2.33. The maximum absolute atomic E-state index is 12.9. The molecule has 3 atom stereocenters. The van der Waals surface area contributed by atoms with Crippen molar-refractivity contribution in [2.45, 2.75) is 27.2 Å². The Morgan fingerprint density at radius 1 is 1.22 bits per heavy atom. The van der Waals surface area contributed by atoms with Crippen molar-refractivity contribution in [3.8, 4) is 0 Å². The Hall–Kier alpha value is -2.41. The van der Waals surface area contributed by atoms with E-state index in [4.69, 9.17) is 0 Å². The number of hydrogen-bond donors (Lipinski definition) is 2. The molecule has 1 aliphatic rings. The van der Waals surface area contributed by atoms with Crippen LogP contribution in [-0.2, 0) is 0 Å². The van der Waals surface area contributed by atoms with Gasteiger partial charge in [-0.05, 0) is 43.4 Å². The van der Waals surface area contributed by atoms with E-state index < -0.39 is 11.2 Å². The summed E-state index contributed by atoms with van der Waals surface area (Å²) in [5.41, 5.74) is 2.04. The first-order valence-corrected chi connectivity index (χ1v) is 9.82. The van der Waals surface area contributed by atoms with Crippen LogP contribution in [0, 0.1) is 17.8 Å². The summed E-state index contributed by atoms with van der Waals surface area (Å²) in [6.45, 7) is 6.45. The lowest BCUT2D eigenvalue weighted by atomic mass is 9.76. The van der Waals surface area contributed by atoms with Crippen LogP contribution >= 0.6 is 15.9 Å². The highest BCUT2D eigenvalue weighted by Crippen LogP contribution is 2.32. The fraction of sp³-hybridized carbons (Fsp3) is 0.350. The molecule has 1 aliphatic carbocycles. The number of hydrogen-bond acceptors (Lipinski definition) is 3. The van der Waals surface area contributed by atoms with Crippen LogP contribution in [-0.4, -0.2) is 20.9 Å². The van der Waals surface area contributed by atoms with Crippen LogP contribution < -0.4 is 11.2 Å². The standard InChI is InChI=1S/C20H21BrN4O2/c1-10-6-11(2)15(12(3)7-10)9-22-25-19(26)18-17(24-20(25)27)14-8-13(21)4-5-16(14)23-18/h4-6,8-9,11-12,15,23H,7H2,1-3H3,(H,24,27)/b22-9-/t11-,12-,15+/m1/s1. The molecule has 2 heterocycles. The molecule has 2 aromatic heterocycles. The Kier molecular flexibility index (Phi) is 4.42. The highest BCUT2D eigenvalue weighted by Gasteiger charge is 2.25. The normalized spacial score (nSPS) is 23.4. The first kappa shape index (κ1) is 18.0. The fourth-order valence-electron chi connectivity index (χ4n) is 4.13. The van der Waals surface area contributed by atoms with E-state index in [1.807, 2.05) is 18.2 Å². The molecule has 4 rings (SSSR count). The summed E-state index contributed by atoms with van der Waals surface area (Å²) in [6, 6.07) is 5.62. The SMILES string of the molecule is CC1=C[C@@H](C)[C@H](/C=N\n2c(=O)[nH]c3c([nH]c4ccc(Br)cc43)c2=O)[C@H](C)C1. The molecule has 0 unspecified atom stereocenters. The van der Waals surface area contributed by atoms with E-state index in [0.717, 1.165) is 26.5 Å². The molecule has 140 valence electrons. The Balaban J connectivity index is 1.82. The van der Waals surface area contributed by atoms with Crippen molar-refractivity contribution in [3.05, 3.63) is 55.2 Å². The van der Waals surface area contributed by atoms with E-state index in [2.05, 4.69) is 57.8 Å². The molecule has 0 saturated heterocycles. The Morgan fingerprint density at radius 3 is 2.74 bits per heavy atom. The second-order valence-corrected chi connectivity index (χ2v) is 8.42. The van der Waals surface area contributed by atoms with E-state index in [-0.39, 0.29) is 5.92 Å². The molecule has 0 saturated carbocycles. The third kappa shape index (κ3) is 3.10. The highest BCUT2D eigenvalue weighted by molar-refractivity contribution is 9.10. The minimum atomic E-state index is -0.535. The van der Waals surface area contributed by atoms with E-state index >= 15 is 0 Å². The van der Waals surface area contributed by atoms with E-state index in [1.54, 1.807) is 6.21 Å². The van der Waals surface area contributed by atoms with Gasteiger partial charge in [0.25, 0.3) is 0 Å². The minimum Gasteiger partial charge on any atom is -0.349 e. The Labute approximate surface area is 164 Å². The summed E-state index contributed by atoms with van der Waals surface area (Å²) in [4.78, 5) is 31.3. The maximum Gasteiger partial charge on any atom is 0.350 e. The van der Waals surface area contributed by atoms with Gasteiger partial charge in [-0.3, -0.25) is 4.79 Å². The average Bonchev–Trinajstić information content (AvgIpc) is 2.94. The van der Waals surface area contributed by atoms with Crippen LogP contribution in [0.2, 0.25) is 0 Å². The van der Waals surface area contributed by atoms with Gasteiger partial charge in [-0.25, -0.2) is 4.79 Å². The highest BCUT2D eigenvalue weighted by atomic mass is 79.9. The zero-order valence-electron chi connectivity index (χ0n) is 15.4. The van der Waals surface area contributed by atoms with E-state index in [9.17, 15) is 9.59 Å². The minimum absolute atomic E-state index is 0.189. The summed E-state index contributed by atoms with van der Waals surface area (Å²) in [5.74, 6) is 0.925. The van der Waals surface area contributed by atoms with Gasteiger partial charge in [-0.1, -0.05) is 41.4 Å². The number of allylic oxidation sites excluding steroid dienone is 2. The number of benzene rings is 1. The Bertz CT molecular complexity index is 1210. The number of aromatic amines is 2. The summed E-state index contributed by atoms with van der Waals surface area (Å²) >= 11 is 3.42. The predicted molar refractivity (Wildman–Crippen MR) is 112 cm³/mol. The Morgan fingerprint density at radius 2 is 2.00 bits per heavy atom. The van der Waals surface area contributed by atoms with Crippen molar-refractivity contribution in [1.29, 1.82) is 0 Å². The molecular formula is C20H21BrN4O2. The number of halogens is 1. The molecule has 1 aromatic carbocycles. The average molecular weight is 429 g/mol. The molecule has 2 N–H and O–H groups in total. The van der Waals surface area contributed by atoms with Gasteiger partial charge in [0.1, 0.15) is 5.52 Å². The van der Waals surface area contributed by atoms with Gasteiger partial charge in [0, 0.05) is 27.5 Å². The second-order valence-electron chi connectivity index (χ2n) is 7.51. The molecule has 6 nitrogen and oxygen atoms in total. The summed E-state index contributed by atoms with van der Waals surface area (Å²) < 4.78 is 1.79. The quantitative estimate of drug-likeness (QED) is 0.477. The largest absolute Gasteiger partial charge is 0.350 e. The van der Waals surface area contributed by atoms with Crippen LogP contribution in [0.1, 0.15) is 27.2 Å². The number of aromatic nitrogens is 3. The predicted octanol–water partition coefficient (Wildman–Crippen LogP) is 4.01. The van der Waals surface area contributed by atoms with Gasteiger partial charge in [0.05, 0.1) is 5.52 Å². The van der Waals surface area contributed by atoms with Gasteiger partial charge in [0.15, 0.2) is 0 Å². The zero-order chi connectivity index (χ0) is 19.3. The van der Waals surface area contributed by atoms with Crippen LogP contribution in [0.3, 0.4) is 0 Å². The molecule has 7 heteroatoms. The topological polar surface area (TPSA) is 83.0 Å². The van der Waals surface area contributed by atoms with Crippen molar-refractivity contribution in [2.24, 2.45) is 22.9 Å². The molecule has 0 fully saturated rings. The number of fused-ring (bicyclic) bond motifs is 3. The molecule has 0 bridgehead atoms.